The van der Waals surface area contributed by atoms with E-state index in [0.717, 1.165) is 10.4 Å². The van der Waals surface area contributed by atoms with Crippen LogP contribution in [-0.4, -0.2) is 68.2 Å². The molecule has 0 saturated carbocycles. The van der Waals surface area contributed by atoms with E-state index in [1.165, 1.54) is 33.2 Å². The molecule has 2 heterocycles. The van der Waals surface area contributed by atoms with Gasteiger partial charge in [-0.3, -0.25) is 4.79 Å². The maximum Gasteiger partial charge on any atom is 0.277 e. The Morgan fingerprint density at radius 3 is 2.68 bits per heavy atom. The Labute approximate surface area is 184 Å². The van der Waals surface area contributed by atoms with Crippen molar-refractivity contribution in [2.75, 3.05) is 38.8 Å². The van der Waals surface area contributed by atoms with Gasteiger partial charge in [-0.25, -0.2) is 27.1 Å². The molecule has 2 aliphatic rings. The molecule has 2 aliphatic heterocycles. The second kappa shape index (κ2) is 8.00. The third-order valence-corrected chi connectivity index (χ3v) is 7.10. The zero-order chi connectivity index (χ0) is 23.1. The van der Waals surface area contributed by atoms with Crippen molar-refractivity contribution in [3.63, 3.8) is 0 Å². The number of benzene rings is 1. The van der Waals surface area contributed by atoms with Crippen LogP contribution in [-0.2, 0) is 25.1 Å². The highest BCUT2D eigenvalue weighted by Gasteiger charge is 2.41. The summed E-state index contributed by atoms with van der Waals surface area (Å²) < 4.78 is 45.5. The molecule has 1 aromatic carbocycles. The smallest absolute Gasteiger partial charge is 0.277 e. The molecule has 1 amide bonds. The van der Waals surface area contributed by atoms with E-state index in [-0.39, 0.29) is 40.5 Å². The van der Waals surface area contributed by atoms with E-state index in [2.05, 4.69) is 15.3 Å². The van der Waals surface area contributed by atoms with Crippen LogP contribution >= 0.6 is 11.6 Å². The molecule has 0 fully saturated rings. The van der Waals surface area contributed by atoms with E-state index in [9.17, 15) is 17.6 Å². The SMILES string of the molecule is COC1=C(C(=O)Nc2ccc(F)c([C@]3(C)CS(=O)(=O)N(C)C(N)=N3)c2)N(C)CC(Cl)=N1. The van der Waals surface area contributed by atoms with Crippen molar-refractivity contribution >= 4 is 44.3 Å². The number of amides is 1. The topological polar surface area (TPSA) is 130 Å². The number of carbonyl (C=O) groups excluding carboxylic acids is 1. The molecule has 1 aromatic rings. The highest BCUT2D eigenvalue weighted by Crippen LogP contribution is 2.35. The first kappa shape index (κ1) is 22.8. The first-order valence-electron chi connectivity index (χ1n) is 9.04. The van der Waals surface area contributed by atoms with Gasteiger partial charge in [0.2, 0.25) is 21.9 Å². The average molecular weight is 473 g/mol. The number of rotatable bonds is 4. The lowest BCUT2D eigenvalue weighted by Gasteiger charge is -2.34. The largest absolute Gasteiger partial charge is 0.479 e. The number of nitrogens with zero attached hydrogens (tertiary/aromatic N) is 4. The number of ether oxygens (including phenoxy) is 1. The van der Waals surface area contributed by atoms with E-state index in [1.54, 1.807) is 11.9 Å². The summed E-state index contributed by atoms with van der Waals surface area (Å²) in [4.78, 5) is 22.6. The molecule has 0 aromatic heterocycles. The summed E-state index contributed by atoms with van der Waals surface area (Å²) in [5, 5.41) is 2.91. The third-order valence-electron chi connectivity index (χ3n) is 4.95. The fraction of sp³-hybridized carbons (Fsp3) is 0.389. The number of likely N-dealkylation sites (N-methyl/N-ethyl adjacent to an activating group) is 1. The van der Waals surface area contributed by atoms with E-state index in [0.29, 0.717) is 0 Å². The fourth-order valence-corrected chi connectivity index (χ4v) is 5.05. The van der Waals surface area contributed by atoms with Gasteiger partial charge in [-0.1, -0.05) is 11.6 Å². The summed E-state index contributed by atoms with van der Waals surface area (Å²) in [7, 11) is 0.480. The van der Waals surface area contributed by atoms with Crippen LogP contribution in [0.2, 0.25) is 0 Å². The third kappa shape index (κ3) is 4.30. The summed E-state index contributed by atoms with van der Waals surface area (Å²) in [6.07, 6.45) is 0. The molecule has 168 valence electrons. The van der Waals surface area contributed by atoms with Crippen molar-refractivity contribution in [3.8, 4) is 0 Å². The zero-order valence-electron chi connectivity index (χ0n) is 17.3. The number of anilines is 1. The summed E-state index contributed by atoms with van der Waals surface area (Å²) in [5.74, 6) is -1.95. The van der Waals surface area contributed by atoms with Crippen molar-refractivity contribution in [1.29, 1.82) is 0 Å². The molecule has 3 rings (SSSR count). The van der Waals surface area contributed by atoms with E-state index in [1.807, 2.05) is 0 Å². The van der Waals surface area contributed by atoms with E-state index >= 15 is 0 Å². The molecule has 0 saturated heterocycles. The number of halogens is 2. The highest BCUT2D eigenvalue weighted by atomic mass is 35.5. The van der Waals surface area contributed by atoms with Crippen LogP contribution in [0.3, 0.4) is 0 Å². The molecule has 0 bridgehead atoms. The van der Waals surface area contributed by atoms with Crippen LogP contribution in [0.25, 0.3) is 0 Å². The predicted molar refractivity (Wildman–Crippen MR) is 116 cm³/mol. The second-order valence-electron chi connectivity index (χ2n) is 7.32. The van der Waals surface area contributed by atoms with Crippen molar-refractivity contribution in [1.82, 2.24) is 9.21 Å². The lowest BCUT2D eigenvalue weighted by atomic mass is 9.93. The van der Waals surface area contributed by atoms with Crippen LogP contribution in [0.15, 0.2) is 39.8 Å². The maximum absolute atomic E-state index is 14.7. The van der Waals surface area contributed by atoms with Gasteiger partial charge in [-0.2, -0.15) is 0 Å². The normalized spacial score (nSPS) is 23.3. The molecule has 31 heavy (non-hydrogen) atoms. The minimum Gasteiger partial charge on any atom is -0.479 e. The van der Waals surface area contributed by atoms with Crippen LogP contribution in [0.5, 0.6) is 0 Å². The van der Waals surface area contributed by atoms with Crippen molar-refractivity contribution in [2.45, 2.75) is 12.5 Å². The van der Waals surface area contributed by atoms with Gasteiger partial charge >= 0.3 is 0 Å². The maximum atomic E-state index is 14.7. The Morgan fingerprint density at radius 2 is 2.06 bits per heavy atom. The van der Waals surface area contributed by atoms with Crippen molar-refractivity contribution in [3.05, 3.63) is 41.2 Å². The van der Waals surface area contributed by atoms with Gasteiger partial charge in [-0.15, -0.1) is 0 Å². The van der Waals surface area contributed by atoms with Gasteiger partial charge in [0.05, 0.1) is 19.4 Å². The van der Waals surface area contributed by atoms with Crippen LogP contribution in [0.1, 0.15) is 12.5 Å². The van der Waals surface area contributed by atoms with Gasteiger partial charge in [0.1, 0.15) is 16.5 Å². The van der Waals surface area contributed by atoms with E-state index in [4.69, 9.17) is 22.1 Å². The van der Waals surface area contributed by atoms with Crippen LogP contribution in [0, 0.1) is 5.82 Å². The van der Waals surface area contributed by atoms with E-state index < -0.39 is 33.0 Å². The van der Waals surface area contributed by atoms with Gasteiger partial charge in [0.25, 0.3) is 5.91 Å². The lowest BCUT2D eigenvalue weighted by Crippen LogP contribution is -2.50. The Hall–Kier alpha value is -2.86. The molecular weight excluding hydrogens is 451 g/mol. The monoisotopic (exact) mass is 472 g/mol. The average Bonchev–Trinajstić information content (AvgIpc) is 2.66. The number of carbonyl (C=O) groups is 1. The Kier molecular flexibility index (Phi) is 5.89. The number of sulfonamides is 1. The molecule has 0 spiro atoms. The zero-order valence-corrected chi connectivity index (χ0v) is 18.9. The lowest BCUT2D eigenvalue weighted by molar-refractivity contribution is -0.114. The summed E-state index contributed by atoms with van der Waals surface area (Å²) >= 11 is 5.95. The van der Waals surface area contributed by atoms with Crippen LogP contribution < -0.4 is 11.1 Å². The molecule has 10 nitrogen and oxygen atoms in total. The molecular formula is C18H22ClFN6O4S. The number of hydrogen-bond donors (Lipinski definition) is 2. The van der Waals surface area contributed by atoms with Crippen LogP contribution in [0.4, 0.5) is 10.1 Å². The summed E-state index contributed by atoms with van der Waals surface area (Å²) in [6.45, 7) is 1.68. The van der Waals surface area contributed by atoms with Crippen molar-refractivity contribution in [2.24, 2.45) is 15.7 Å². The molecule has 13 heteroatoms. The van der Waals surface area contributed by atoms with Crippen molar-refractivity contribution < 1.29 is 22.3 Å². The number of hydrogen-bond acceptors (Lipinski definition) is 8. The Balaban J connectivity index is 1.98. The van der Waals surface area contributed by atoms with Gasteiger partial charge < -0.3 is 20.7 Å². The number of methoxy groups -OCH3 is 1. The second-order valence-corrected chi connectivity index (χ2v) is 9.75. The Morgan fingerprint density at radius 1 is 1.39 bits per heavy atom. The molecule has 0 unspecified atom stereocenters. The molecule has 1 atom stereocenters. The first-order chi connectivity index (χ1) is 14.4. The molecule has 0 aliphatic carbocycles. The number of nitrogens with two attached hydrogens (primary N) is 1. The standard InChI is InChI=1S/C18H22ClFN6O4S/c1-18(9-31(28,29)26(3)17(21)24-18)11-7-10(5-6-12(11)20)22-15(27)14-16(30-4)23-13(19)8-25(14)2/h5-7H,8-9H2,1-4H3,(H2,21,24)(H,22,27)/t18-/m0/s1. The first-order valence-corrected chi connectivity index (χ1v) is 11.0. The van der Waals surface area contributed by atoms with Gasteiger partial charge in [-0.05, 0) is 25.1 Å². The number of nitrogens with one attached hydrogen (secondary N) is 1. The quantitative estimate of drug-likeness (QED) is 0.671. The molecule has 3 N–H and O–H groups in total. The summed E-state index contributed by atoms with van der Waals surface area (Å²) in [5.41, 5.74) is 4.61. The fourth-order valence-electron chi connectivity index (χ4n) is 3.34. The van der Waals surface area contributed by atoms with Gasteiger partial charge in [0, 0.05) is 25.3 Å². The predicted octanol–water partition coefficient (Wildman–Crippen LogP) is 0.967. The highest BCUT2D eigenvalue weighted by molar-refractivity contribution is 7.89. The van der Waals surface area contributed by atoms with Gasteiger partial charge in [0.15, 0.2) is 5.70 Å². The minimum atomic E-state index is -3.79. The molecule has 0 radical (unpaired) electrons. The number of aliphatic imine (C=N–C) groups is 2. The number of guanidine groups is 1. The minimum absolute atomic E-state index is 0.0241. The summed E-state index contributed by atoms with van der Waals surface area (Å²) in [6, 6.07) is 3.80. The Bertz CT molecular complexity index is 1140.